The third-order valence-electron chi connectivity index (χ3n) is 3.14. The molecule has 0 spiro atoms. The van der Waals surface area contributed by atoms with Gasteiger partial charge in [0.25, 0.3) is 0 Å². The first-order chi connectivity index (χ1) is 9.65. The Hall–Kier alpha value is -2.04. The molecule has 1 atom stereocenters. The molecular formula is C16H20N2O2. The molecule has 0 unspecified atom stereocenters. The van der Waals surface area contributed by atoms with Gasteiger partial charge in [-0.05, 0) is 19.2 Å². The Labute approximate surface area is 119 Å². The van der Waals surface area contributed by atoms with Crippen LogP contribution in [0.4, 0.5) is 5.69 Å². The average molecular weight is 272 g/mol. The fourth-order valence-electron chi connectivity index (χ4n) is 2.00. The summed E-state index contributed by atoms with van der Waals surface area (Å²) in [6, 6.07) is 16.5. The van der Waals surface area contributed by atoms with Crippen LogP contribution in [0, 0.1) is 0 Å². The van der Waals surface area contributed by atoms with E-state index in [0.29, 0.717) is 30.0 Å². The van der Waals surface area contributed by atoms with Gasteiger partial charge in [0.1, 0.15) is 5.75 Å². The summed E-state index contributed by atoms with van der Waals surface area (Å²) in [6.45, 7) is 0.623. The topological polar surface area (TPSA) is 67.5 Å². The highest BCUT2D eigenvalue weighted by Gasteiger charge is 2.31. The van der Waals surface area contributed by atoms with Crippen molar-refractivity contribution in [3.05, 3.63) is 60.2 Å². The van der Waals surface area contributed by atoms with Crippen LogP contribution in [0.2, 0.25) is 0 Å². The van der Waals surface area contributed by atoms with E-state index in [4.69, 9.17) is 10.5 Å². The van der Waals surface area contributed by atoms with Gasteiger partial charge >= 0.3 is 0 Å². The normalized spacial score (nSPS) is 13.7. The summed E-state index contributed by atoms with van der Waals surface area (Å²) in [7, 11) is 1.84. The quantitative estimate of drug-likeness (QED) is 0.556. The van der Waals surface area contributed by atoms with Crippen molar-refractivity contribution in [1.29, 1.82) is 0 Å². The number of para-hydroxylation sites is 2. The summed E-state index contributed by atoms with van der Waals surface area (Å²) < 4.78 is 5.81. The van der Waals surface area contributed by atoms with Crippen molar-refractivity contribution in [3.63, 3.8) is 0 Å². The van der Waals surface area contributed by atoms with Crippen LogP contribution in [0.5, 0.6) is 5.75 Å². The fourth-order valence-corrected chi connectivity index (χ4v) is 2.00. The van der Waals surface area contributed by atoms with Gasteiger partial charge in [0, 0.05) is 18.5 Å². The van der Waals surface area contributed by atoms with Crippen LogP contribution < -0.4 is 15.8 Å². The number of hydrogen-bond acceptors (Lipinski definition) is 4. The lowest BCUT2D eigenvalue weighted by molar-refractivity contribution is -0.149. The number of hydrogen-bond donors (Lipinski definition) is 3. The van der Waals surface area contributed by atoms with Gasteiger partial charge in [0.15, 0.2) is 0 Å². The van der Waals surface area contributed by atoms with Crippen molar-refractivity contribution >= 4 is 5.69 Å². The second kappa shape index (κ2) is 6.41. The Morgan fingerprint density at radius 2 is 1.75 bits per heavy atom. The molecule has 0 aliphatic carbocycles. The summed E-state index contributed by atoms with van der Waals surface area (Å²) in [5.41, 5.74) is 7.10. The standard InChI is InChI=1S/C16H20N2O2/c1-18-12-11-16(19,13-7-3-2-4-8-13)20-15-10-6-5-9-14(15)17/h2-10,18-19H,11-12,17H2,1H3/t16-/m1/s1. The number of nitrogen functional groups attached to an aromatic ring is 1. The van der Waals surface area contributed by atoms with Crippen LogP contribution in [0.15, 0.2) is 54.6 Å². The van der Waals surface area contributed by atoms with Crippen molar-refractivity contribution in [3.8, 4) is 5.75 Å². The Bertz CT molecular complexity index is 545. The molecule has 0 aromatic heterocycles. The van der Waals surface area contributed by atoms with E-state index in [1.54, 1.807) is 12.1 Å². The van der Waals surface area contributed by atoms with Crippen LogP contribution in [0.25, 0.3) is 0 Å². The molecule has 0 radical (unpaired) electrons. The molecule has 0 saturated heterocycles. The minimum atomic E-state index is -1.40. The number of aliphatic hydroxyl groups is 1. The maximum Gasteiger partial charge on any atom is 0.236 e. The van der Waals surface area contributed by atoms with E-state index >= 15 is 0 Å². The Balaban J connectivity index is 2.30. The van der Waals surface area contributed by atoms with Crippen LogP contribution in [0.3, 0.4) is 0 Å². The van der Waals surface area contributed by atoms with Gasteiger partial charge in [-0.2, -0.15) is 0 Å². The first-order valence-corrected chi connectivity index (χ1v) is 6.62. The molecule has 20 heavy (non-hydrogen) atoms. The number of nitrogens with two attached hydrogens (primary N) is 1. The Morgan fingerprint density at radius 3 is 2.40 bits per heavy atom. The zero-order valence-electron chi connectivity index (χ0n) is 11.5. The summed E-state index contributed by atoms with van der Waals surface area (Å²) >= 11 is 0. The zero-order chi connectivity index (χ0) is 14.4. The van der Waals surface area contributed by atoms with Gasteiger partial charge in [0.2, 0.25) is 5.79 Å². The monoisotopic (exact) mass is 272 g/mol. The molecule has 0 aliphatic rings. The number of rotatable bonds is 6. The maximum atomic E-state index is 10.9. The molecule has 0 bridgehead atoms. The molecule has 2 aromatic rings. The summed E-state index contributed by atoms with van der Waals surface area (Å²) in [5, 5.41) is 13.9. The molecule has 0 amide bonds. The molecule has 106 valence electrons. The molecule has 0 fully saturated rings. The van der Waals surface area contributed by atoms with E-state index in [0.717, 1.165) is 0 Å². The second-order valence-electron chi connectivity index (χ2n) is 4.64. The van der Waals surface area contributed by atoms with Crippen molar-refractivity contribution in [2.45, 2.75) is 12.2 Å². The molecule has 0 saturated carbocycles. The van der Waals surface area contributed by atoms with Gasteiger partial charge < -0.3 is 20.9 Å². The zero-order valence-corrected chi connectivity index (χ0v) is 11.5. The summed E-state index contributed by atoms with van der Waals surface area (Å²) in [5.74, 6) is -0.922. The summed E-state index contributed by atoms with van der Waals surface area (Å²) in [4.78, 5) is 0. The maximum absolute atomic E-state index is 10.9. The molecule has 2 rings (SSSR count). The smallest absolute Gasteiger partial charge is 0.236 e. The minimum Gasteiger partial charge on any atom is -0.456 e. The third-order valence-corrected chi connectivity index (χ3v) is 3.14. The second-order valence-corrected chi connectivity index (χ2v) is 4.64. The van der Waals surface area contributed by atoms with Gasteiger partial charge in [-0.1, -0.05) is 42.5 Å². The number of nitrogens with one attached hydrogen (secondary N) is 1. The first kappa shape index (κ1) is 14.4. The molecule has 4 N–H and O–H groups in total. The van der Waals surface area contributed by atoms with Crippen molar-refractivity contribution in [2.75, 3.05) is 19.3 Å². The molecule has 4 heteroatoms. The predicted octanol–water partition coefficient (Wildman–Crippen LogP) is 2.10. The Morgan fingerprint density at radius 1 is 1.10 bits per heavy atom. The minimum absolute atomic E-state index is 0.418. The third kappa shape index (κ3) is 3.29. The molecule has 0 heterocycles. The molecule has 0 aliphatic heterocycles. The van der Waals surface area contributed by atoms with E-state index in [1.165, 1.54) is 0 Å². The van der Waals surface area contributed by atoms with E-state index < -0.39 is 5.79 Å². The average Bonchev–Trinajstić information content (AvgIpc) is 2.48. The predicted molar refractivity (Wildman–Crippen MR) is 80.4 cm³/mol. The van der Waals surface area contributed by atoms with Crippen LogP contribution in [-0.4, -0.2) is 18.7 Å². The lowest BCUT2D eigenvalue weighted by atomic mass is 10.0. The van der Waals surface area contributed by atoms with Crippen LogP contribution in [-0.2, 0) is 5.79 Å². The van der Waals surface area contributed by atoms with Crippen molar-refractivity contribution in [2.24, 2.45) is 0 Å². The van der Waals surface area contributed by atoms with Gasteiger partial charge in [0.05, 0.1) is 5.69 Å². The first-order valence-electron chi connectivity index (χ1n) is 6.62. The number of benzene rings is 2. The van der Waals surface area contributed by atoms with E-state index in [2.05, 4.69) is 5.32 Å². The molecule has 4 nitrogen and oxygen atoms in total. The van der Waals surface area contributed by atoms with Gasteiger partial charge in [-0.15, -0.1) is 0 Å². The van der Waals surface area contributed by atoms with Crippen molar-refractivity contribution in [1.82, 2.24) is 5.32 Å². The van der Waals surface area contributed by atoms with Crippen LogP contribution in [0.1, 0.15) is 12.0 Å². The van der Waals surface area contributed by atoms with Gasteiger partial charge in [-0.25, -0.2) is 0 Å². The van der Waals surface area contributed by atoms with Gasteiger partial charge in [-0.3, -0.25) is 0 Å². The largest absolute Gasteiger partial charge is 0.456 e. The molecular weight excluding hydrogens is 252 g/mol. The van der Waals surface area contributed by atoms with E-state index in [9.17, 15) is 5.11 Å². The van der Waals surface area contributed by atoms with E-state index in [-0.39, 0.29) is 0 Å². The number of anilines is 1. The number of ether oxygens (including phenoxy) is 1. The highest BCUT2D eigenvalue weighted by molar-refractivity contribution is 5.52. The highest BCUT2D eigenvalue weighted by Crippen LogP contribution is 2.31. The fraction of sp³-hybridized carbons (Fsp3) is 0.250. The van der Waals surface area contributed by atoms with E-state index in [1.807, 2.05) is 49.5 Å². The molecule has 2 aromatic carbocycles. The SMILES string of the molecule is CNCC[C@@](O)(Oc1ccccc1N)c1ccccc1. The lowest BCUT2D eigenvalue weighted by Crippen LogP contribution is -2.36. The highest BCUT2D eigenvalue weighted by atomic mass is 16.6. The van der Waals surface area contributed by atoms with Crippen molar-refractivity contribution < 1.29 is 9.84 Å². The van der Waals surface area contributed by atoms with Crippen LogP contribution >= 0.6 is 0 Å². The Kier molecular flexibility index (Phi) is 4.61. The summed E-state index contributed by atoms with van der Waals surface area (Å²) in [6.07, 6.45) is 0.418. The lowest BCUT2D eigenvalue weighted by Gasteiger charge is -2.30.